The van der Waals surface area contributed by atoms with Crippen molar-refractivity contribution in [1.82, 2.24) is 10.2 Å². The first-order valence-electron chi connectivity index (χ1n) is 20.0. The summed E-state index contributed by atoms with van der Waals surface area (Å²) in [7, 11) is 0. The molecule has 2 saturated carbocycles. The Labute approximate surface area is 326 Å². The number of aliphatic hydroxyl groups excluding tert-OH is 1. The van der Waals surface area contributed by atoms with Crippen molar-refractivity contribution >= 4 is 34.4 Å². The smallest absolute Gasteiger partial charge is 0.255 e. The number of nitrogens with one attached hydrogen (secondary N) is 1. The first-order chi connectivity index (χ1) is 25.6. The van der Waals surface area contributed by atoms with Crippen molar-refractivity contribution in [2.24, 2.45) is 5.92 Å². The number of rotatable bonds is 30. The molecule has 1 aromatic rings. The molecule has 0 radical (unpaired) electrons. The summed E-state index contributed by atoms with van der Waals surface area (Å²) in [4.78, 5) is 30.0. The standard InChI is InChI=1S/C40H67IN2O9/c41-37-19-8-7-18-36(37)40(46)43(38(34-14-3-1-4-15-34)39(45)42-35-16-5-2-6-17-35)20-32-51-30-12-28-49-26-10-24-47-22-9-23-48-25-11-27-50-29-13-31-52-33-21-44/h7-8,18-19,34-35,38,44H,1-6,9-17,20-33H2,(H,42,45). The number of carbonyl (C=O) groups excluding carboxylic acids is 2. The van der Waals surface area contributed by atoms with Gasteiger partial charge in [0.25, 0.3) is 5.91 Å². The van der Waals surface area contributed by atoms with Crippen molar-refractivity contribution in [3.63, 3.8) is 0 Å². The molecule has 1 unspecified atom stereocenters. The van der Waals surface area contributed by atoms with Crippen LogP contribution in [-0.2, 0) is 33.2 Å². The lowest BCUT2D eigenvalue weighted by Crippen LogP contribution is -2.56. The molecular weight excluding hydrogens is 779 g/mol. The molecule has 0 aromatic heterocycles. The van der Waals surface area contributed by atoms with Gasteiger partial charge in [0.2, 0.25) is 5.91 Å². The second-order valence-electron chi connectivity index (χ2n) is 13.8. The van der Waals surface area contributed by atoms with Crippen LogP contribution in [0.5, 0.6) is 0 Å². The molecule has 11 nitrogen and oxygen atoms in total. The summed E-state index contributed by atoms with van der Waals surface area (Å²) >= 11 is 2.22. The van der Waals surface area contributed by atoms with E-state index in [9.17, 15) is 9.59 Å². The zero-order valence-corrected chi connectivity index (χ0v) is 33.7. The van der Waals surface area contributed by atoms with Gasteiger partial charge < -0.3 is 43.7 Å². The number of benzene rings is 1. The van der Waals surface area contributed by atoms with E-state index < -0.39 is 6.04 Å². The zero-order valence-electron chi connectivity index (χ0n) is 31.6. The molecule has 52 heavy (non-hydrogen) atoms. The number of amides is 2. The molecule has 12 heteroatoms. The second-order valence-corrected chi connectivity index (χ2v) is 15.0. The van der Waals surface area contributed by atoms with E-state index in [1.807, 2.05) is 29.2 Å². The number of carbonyl (C=O) groups is 2. The maximum atomic E-state index is 14.1. The molecule has 2 aliphatic carbocycles. The van der Waals surface area contributed by atoms with Crippen molar-refractivity contribution in [2.75, 3.05) is 92.4 Å². The molecule has 3 rings (SSSR count). The quantitative estimate of drug-likeness (QED) is 0.0691. The molecule has 2 amide bonds. The van der Waals surface area contributed by atoms with Gasteiger partial charge in [0, 0.05) is 82.2 Å². The van der Waals surface area contributed by atoms with Gasteiger partial charge in [-0.05, 0) is 98.4 Å². The lowest BCUT2D eigenvalue weighted by Gasteiger charge is -2.39. The molecule has 0 saturated heterocycles. The summed E-state index contributed by atoms with van der Waals surface area (Å²) in [6.07, 6.45) is 15.1. The molecule has 2 fully saturated rings. The molecule has 2 aliphatic rings. The van der Waals surface area contributed by atoms with E-state index in [1.54, 1.807) is 0 Å². The fourth-order valence-electron chi connectivity index (χ4n) is 6.90. The van der Waals surface area contributed by atoms with Crippen LogP contribution in [0.1, 0.15) is 107 Å². The third-order valence-electron chi connectivity index (χ3n) is 9.62. The van der Waals surface area contributed by atoms with Gasteiger partial charge >= 0.3 is 0 Å². The zero-order chi connectivity index (χ0) is 36.9. The summed E-state index contributed by atoms with van der Waals surface area (Å²) in [5.74, 6) is 0.0802. The van der Waals surface area contributed by atoms with Gasteiger partial charge in [-0.25, -0.2) is 0 Å². The monoisotopic (exact) mass is 846 g/mol. The van der Waals surface area contributed by atoms with E-state index in [0.29, 0.717) is 91.4 Å². The predicted octanol–water partition coefficient (Wildman–Crippen LogP) is 6.17. The van der Waals surface area contributed by atoms with Crippen molar-refractivity contribution < 1.29 is 43.1 Å². The fraction of sp³-hybridized carbons (Fsp3) is 0.800. The lowest BCUT2D eigenvalue weighted by molar-refractivity contribution is -0.129. The Morgan fingerprint density at radius 2 is 1.10 bits per heavy atom. The number of halogens is 1. The van der Waals surface area contributed by atoms with Gasteiger partial charge in [0.1, 0.15) is 6.04 Å². The van der Waals surface area contributed by atoms with E-state index in [4.69, 9.17) is 33.5 Å². The summed E-state index contributed by atoms with van der Waals surface area (Å²) in [5.41, 5.74) is 0.645. The van der Waals surface area contributed by atoms with Crippen LogP contribution in [0.2, 0.25) is 0 Å². The first-order valence-corrected chi connectivity index (χ1v) is 21.1. The maximum Gasteiger partial charge on any atom is 0.255 e. The van der Waals surface area contributed by atoms with E-state index in [1.165, 1.54) is 12.8 Å². The Morgan fingerprint density at radius 3 is 1.58 bits per heavy atom. The van der Waals surface area contributed by atoms with Crippen LogP contribution in [-0.4, -0.2) is 126 Å². The number of hydrogen-bond acceptors (Lipinski definition) is 9. The molecule has 1 aromatic carbocycles. The van der Waals surface area contributed by atoms with Crippen LogP contribution in [0.15, 0.2) is 24.3 Å². The highest BCUT2D eigenvalue weighted by Gasteiger charge is 2.38. The van der Waals surface area contributed by atoms with Crippen LogP contribution in [0.3, 0.4) is 0 Å². The molecule has 0 aliphatic heterocycles. The van der Waals surface area contributed by atoms with Crippen molar-refractivity contribution in [2.45, 2.75) is 108 Å². The first kappa shape index (κ1) is 45.0. The molecule has 2 N–H and O–H groups in total. The number of nitrogens with zero attached hydrogens (tertiary/aromatic N) is 1. The number of hydrogen-bond donors (Lipinski definition) is 2. The van der Waals surface area contributed by atoms with Gasteiger partial charge in [-0.3, -0.25) is 9.59 Å². The molecule has 0 spiro atoms. The van der Waals surface area contributed by atoms with Gasteiger partial charge in [0.15, 0.2) is 0 Å². The molecule has 298 valence electrons. The van der Waals surface area contributed by atoms with Gasteiger partial charge in [-0.15, -0.1) is 0 Å². The van der Waals surface area contributed by atoms with Gasteiger partial charge in [-0.1, -0.05) is 50.7 Å². The predicted molar refractivity (Wildman–Crippen MR) is 211 cm³/mol. The van der Waals surface area contributed by atoms with E-state index in [0.717, 1.165) is 87.0 Å². The molecule has 0 bridgehead atoms. The van der Waals surface area contributed by atoms with Crippen LogP contribution < -0.4 is 5.32 Å². The molecule has 1 atom stereocenters. The third kappa shape index (κ3) is 19.3. The third-order valence-corrected chi connectivity index (χ3v) is 10.6. The summed E-state index contributed by atoms with van der Waals surface area (Å²) < 4.78 is 34.8. The van der Waals surface area contributed by atoms with Crippen molar-refractivity contribution in [3.05, 3.63) is 33.4 Å². The minimum atomic E-state index is -0.488. The number of aliphatic hydroxyl groups is 1. The largest absolute Gasteiger partial charge is 0.394 e. The van der Waals surface area contributed by atoms with E-state index in [2.05, 4.69) is 27.9 Å². The van der Waals surface area contributed by atoms with Crippen molar-refractivity contribution in [3.8, 4) is 0 Å². The Bertz CT molecular complexity index is 1060. The van der Waals surface area contributed by atoms with Crippen LogP contribution in [0.4, 0.5) is 0 Å². The average Bonchev–Trinajstić information content (AvgIpc) is 3.16. The maximum absolute atomic E-state index is 14.1. The SMILES string of the molecule is O=C(NC1CCCCC1)C(C1CCCCC1)N(CCOCCCOCCCOCCCOCCCOCCCOCCO)C(=O)c1ccccc1I. The fourth-order valence-corrected chi connectivity index (χ4v) is 7.52. The topological polar surface area (TPSA) is 125 Å². The molecule has 0 heterocycles. The van der Waals surface area contributed by atoms with Crippen LogP contribution >= 0.6 is 22.6 Å². The Morgan fingerprint density at radius 1 is 0.654 bits per heavy atom. The number of ether oxygens (including phenoxy) is 6. The molecular formula is C40H67IN2O9. The summed E-state index contributed by atoms with van der Waals surface area (Å²) in [5, 5.41) is 12.0. The minimum Gasteiger partial charge on any atom is -0.394 e. The second kappa shape index (κ2) is 29.9. The van der Waals surface area contributed by atoms with E-state index in [-0.39, 0.29) is 30.4 Å². The highest BCUT2D eigenvalue weighted by atomic mass is 127. The van der Waals surface area contributed by atoms with E-state index >= 15 is 0 Å². The van der Waals surface area contributed by atoms with Crippen LogP contribution in [0.25, 0.3) is 0 Å². The van der Waals surface area contributed by atoms with Crippen LogP contribution in [0, 0.1) is 9.49 Å². The normalized spacial score (nSPS) is 16.2. The minimum absolute atomic E-state index is 0.00959. The van der Waals surface area contributed by atoms with Gasteiger partial charge in [-0.2, -0.15) is 0 Å². The lowest BCUT2D eigenvalue weighted by atomic mass is 9.82. The average molecular weight is 847 g/mol. The van der Waals surface area contributed by atoms with Gasteiger partial charge in [0.05, 0.1) is 25.4 Å². The highest BCUT2D eigenvalue weighted by molar-refractivity contribution is 14.1. The Hall–Kier alpha value is -1.39. The Kier molecular flexibility index (Phi) is 25.9. The summed E-state index contributed by atoms with van der Waals surface area (Å²) in [6.45, 7) is 7.63. The summed E-state index contributed by atoms with van der Waals surface area (Å²) in [6, 6.07) is 7.37. The Balaban J connectivity index is 1.28. The highest BCUT2D eigenvalue weighted by Crippen LogP contribution is 2.31. The van der Waals surface area contributed by atoms with Crippen molar-refractivity contribution in [1.29, 1.82) is 0 Å².